The highest BCUT2D eigenvalue weighted by Gasteiger charge is 2.28. The minimum absolute atomic E-state index is 0.102. The molecule has 1 unspecified atom stereocenters. The number of halogens is 2. The predicted molar refractivity (Wildman–Crippen MR) is 79.4 cm³/mol. The van der Waals surface area contributed by atoms with Gasteiger partial charge in [0.15, 0.2) is 0 Å². The smallest absolute Gasteiger partial charge is 0.242 e. The van der Waals surface area contributed by atoms with Crippen molar-refractivity contribution in [2.75, 3.05) is 6.54 Å². The molecular weight excluding hydrogens is 333 g/mol. The first-order chi connectivity index (χ1) is 10.1. The van der Waals surface area contributed by atoms with Crippen LogP contribution in [-0.4, -0.2) is 29.8 Å². The molecule has 1 heterocycles. The van der Waals surface area contributed by atoms with Gasteiger partial charge in [-0.05, 0) is 25.1 Å². The van der Waals surface area contributed by atoms with Crippen LogP contribution in [0.1, 0.15) is 12.5 Å². The van der Waals surface area contributed by atoms with Gasteiger partial charge in [-0.25, -0.2) is 17.5 Å². The van der Waals surface area contributed by atoms with Gasteiger partial charge in [0.2, 0.25) is 10.0 Å². The summed E-state index contributed by atoms with van der Waals surface area (Å²) in [4.78, 5) is -0.379. The standard InChI is InChI=1S/C13H15ClFN3O3S/c1-13(19,9-6-16-18(2)7-9)8-17-22(20,21)12-5-10(15)3-4-11(12)14/h3-7,17,19H,8H2,1-2H3. The average Bonchev–Trinajstić information content (AvgIpc) is 2.87. The van der Waals surface area contributed by atoms with E-state index in [2.05, 4.69) is 9.82 Å². The Morgan fingerprint density at radius 1 is 1.50 bits per heavy atom. The molecule has 2 N–H and O–H groups in total. The van der Waals surface area contributed by atoms with E-state index in [9.17, 15) is 17.9 Å². The summed E-state index contributed by atoms with van der Waals surface area (Å²) in [5.74, 6) is -0.719. The maximum atomic E-state index is 13.2. The minimum Gasteiger partial charge on any atom is -0.384 e. The Bertz CT molecular complexity index is 790. The number of hydrogen-bond acceptors (Lipinski definition) is 4. The van der Waals surface area contributed by atoms with Crippen molar-refractivity contribution in [1.82, 2.24) is 14.5 Å². The molecule has 0 radical (unpaired) electrons. The lowest BCUT2D eigenvalue weighted by Gasteiger charge is -2.22. The van der Waals surface area contributed by atoms with Gasteiger partial charge in [-0.15, -0.1) is 0 Å². The first kappa shape index (κ1) is 16.9. The number of aryl methyl sites for hydroxylation is 1. The highest BCUT2D eigenvalue weighted by molar-refractivity contribution is 7.89. The van der Waals surface area contributed by atoms with Gasteiger partial charge in [0.1, 0.15) is 16.3 Å². The van der Waals surface area contributed by atoms with E-state index in [1.807, 2.05) is 0 Å². The zero-order chi connectivity index (χ0) is 16.5. The second-order valence-corrected chi connectivity index (χ2v) is 7.22. The van der Waals surface area contributed by atoms with Crippen molar-refractivity contribution >= 4 is 21.6 Å². The summed E-state index contributed by atoms with van der Waals surface area (Å²) < 4.78 is 41.3. The number of nitrogens with zero attached hydrogens (tertiary/aromatic N) is 2. The molecule has 120 valence electrons. The van der Waals surface area contributed by atoms with Crippen molar-refractivity contribution in [3.63, 3.8) is 0 Å². The topological polar surface area (TPSA) is 84.2 Å². The van der Waals surface area contributed by atoms with Gasteiger partial charge >= 0.3 is 0 Å². The van der Waals surface area contributed by atoms with E-state index in [1.54, 1.807) is 13.2 Å². The van der Waals surface area contributed by atoms with Crippen LogP contribution in [0.5, 0.6) is 0 Å². The second kappa shape index (κ2) is 5.96. The van der Waals surface area contributed by atoms with E-state index in [1.165, 1.54) is 17.8 Å². The third-order valence-electron chi connectivity index (χ3n) is 3.12. The summed E-state index contributed by atoms with van der Waals surface area (Å²) in [6.45, 7) is 1.13. The molecule has 0 aliphatic heterocycles. The van der Waals surface area contributed by atoms with E-state index in [0.29, 0.717) is 5.56 Å². The molecule has 0 saturated carbocycles. The summed E-state index contributed by atoms with van der Waals surface area (Å²) in [5, 5.41) is 14.2. The van der Waals surface area contributed by atoms with Crippen LogP contribution in [-0.2, 0) is 22.7 Å². The summed E-state index contributed by atoms with van der Waals surface area (Å²) in [7, 11) is -2.38. The van der Waals surface area contributed by atoms with Crippen LogP contribution in [0, 0.1) is 5.82 Å². The Kier molecular flexibility index (Phi) is 4.57. The van der Waals surface area contributed by atoms with Crippen molar-refractivity contribution in [1.29, 1.82) is 0 Å². The summed E-state index contributed by atoms with van der Waals surface area (Å²) in [5.41, 5.74) is -1.02. The Balaban J connectivity index is 2.21. The van der Waals surface area contributed by atoms with Crippen LogP contribution >= 0.6 is 11.6 Å². The monoisotopic (exact) mass is 347 g/mol. The van der Waals surface area contributed by atoms with E-state index >= 15 is 0 Å². The number of sulfonamides is 1. The fourth-order valence-corrected chi connectivity index (χ4v) is 3.44. The van der Waals surface area contributed by atoms with Crippen LogP contribution in [0.2, 0.25) is 5.02 Å². The van der Waals surface area contributed by atoms with Crippen LogP contribution in [0.3, 0.4) is 0 Å². The number of aliphatic hydroxyl groups is 1. The maximum absolute atomic E-state index is 13.2. The van der Waals surface area contributed by atoms with Gasteiger partial charge in [0.05, 0.1) is 11.2 Å². The number of aromatic nitrogens is 2. The number of nitrogens with one attached hydrogen (secondary N) is 1. The Labute approximate surface area is 132 Å². The Morgan fingerprint density at radius 3 is 2.77 bits per heavy atom. The van der Waals surface area contributed by atoms with Gasteiger partial charge < -0.3 is 5.11 Å². The Hall–Kier alpha value is -1.48. The minimum atomic E-state index is -4.06. The summed E-state index contributed by atoms with van der Waals surface area (Å²) >= 11 is 5.79. The normalized spacial score (nSPS) is 14.8. The molecule has 1 aromatic carbocycles. The molecule has 6 nitrogen and oxygen atoms in total. The number of hydrogen-bond donors (Lipinski definition) is 2. The molecular formula is C13H15ClFN3O3S. The first-order valence-electron chi connectivity index (χ1n) is 6.28. The van der Waals surface area contributed by atoms with E-state index < -0.39 is 21.4 Å². The molecule has 9 heteroatoms. The molecule has 22 heavy (non-hydrogen) atoms. The lowest BCUT2D eigenvalue weighted by atomic mass is 10.0. The maximum Gasteiger partial charge on any atom is 0.242 e. The number of benzene rings is 1. The molecule has 1 aromatic heterocycles. The first-order valence-corrected chi connectivity index (χ1v) is 8.14. The van der Waals surface area contributed by atoms with Gasteiger partial charge in [-0.3, -0.25) is 4.68 Å². The highest BCUT2D eigenvalue weighted by atomic mass is 35.5. The molecule has 0 aliphatic carbocycles. The molecule has 0 spiro atoms. The third-order valence-corrected chi connectivity index (χ3v) is 5.00. The number of rotatable bonds is 5. The van der Waals surface area contributed by atoms with Crippen molar-refractivity contribution in [3.8, 4) is 0 Å². The van der Waals surface area contributed by atoms with Crippen molar-refractivity contribution < 1.29 is 17.9 Å². The Morgan fingerprint density at radius 2 is 2.18 bits per heavy atom. The molecule has 0 bridgehead atoms. The van der Waals surface area contributed by atoms with Crippen molar-refractivity contribution in [2.24, 2.45) is 7.05 Å². The molecule has 1 atom stereocenters. The summed E-state index contributed by atoms with van der Waals surface area (Å²) in [6.07, 6.45) is 3.01. The fraction of sp³-hybridized carbons (Fsp3) is 0.308. The van der Waals surface area contributed by atoms with Gasteiger partial charge in [0.25, 0.3) is 0 Å². The predicted octanol–water partition coefficient (Wildman–Crippen LogP) is 1.40. The van der Waals surface area contributed by atoms with Gasteiger partial charge in [-0.2, -0.15) is 5.10 Å². The van der Waals surface area contributed by atoms with Crippen LogP contribution in [0.25, 0.3) is 0 Å². The van der Waals surface area contributed by atoms with Gasteiger partial charge in [0, 0.05) is 25.4 Å². The SMILES string of the molecule is Cn1cc(C(C)(O)CNS(=O)(=O)c2cc(F)ccc2Cl)cn1. The van der Waals surface area contributed by atoms with E-state index in [0.717, 1.165) is 18.2 Å². The van der Waals surface area contributed by atoms with Crippen molar-refractivity contribution in [2.45, 2.75) is 17.4 Å². The zero-order valence-corrected chi connectivity index (χ0v) is 13.5. The summed E-state index contributed by atoms with van der Waals surface area (Å²) in [6, 6.07) is 3.04. The highest BCUT2D eigenvalue weighted by Crippen LogP contribution is 2.24. The largest absolute Gasteiger partial charge is 0.384 e. The van der Waals surface area contributed by atoms with E-state index in [-0.39, 0.29) is 16.5 Å². The fourth-order valence-electron chi connectivity index (χ4n) is 1.80. The zero-order valence-electron chi connectivity index (χ0n) is 11.9. The lowest BCUT2D eigenvalue weighted by molar-refractivity contribution is 0.0627. The van der Waals surface area contributed by atoms with Gasteiger partial charge in [-0.1, -0.05) is 11.6 Å². The molecule has 0 fully saturated rings. The quantitative estimate of drug-likeness (QED) is 0.856. The molecule has 0 saturated heterocycles. The molecule has 2 rings (SSSR count). The molecule has 0 amide bonds. The van der Waals surface area contributed by atoms with Crippen LogP contribution in [0.4, 0.5) is 4.39 Å². The second-order valence-electron chi connectivity index (χ2n) is 5.08. The molecule has 0 aliphatic rings. The van der Waals surface area contributed by atoms with Crippen LogP contribution < -0.4 is 4.72 Å². The van der Waals surface area contributed by atoms with E-state index in [4.69, 9.17) is 11.6 Å². The van der Waals surface area contributed by atoms with Crippen molar-refractivity contribution in [3.05, 3.63) is 47.0 Å². The third kappa shape index (κ3) is 3.64. The average molecular weight is 348 g/mol. The lowest BCUT2D eigenvalue weighted by Crippen LogP contribution is -2.38. The molecule has 2 aromatic rings. The van der Waals surface area contributed by atoms with Crippen LogP contribution in [0.15, 0.2) is 35.5 Å².